The van der Waals surface area contributed by atoms with Crippen molar-refractivity contribution in [3.63, 3.8) is 0 Å². The Hall–Kier alpha value is -2.27. The van der Waals surface area contributed by atoms with Gasteiger partial charge in [0.2, 0.25) is 0 Å². The highest BCUT2D eigenvalue weighted by molar-refractivity contribution is 6.31. The van der Waals surface area contributed by atoms with E-state index in [4.69, 9.17) is 16.3 Å². The van der Waals surface area contributed by atoms with Gasteiger partial charge in [0.1, 0.15) is 6.61 Å². The second-order valence-electron chi connectivity index (χ2n) is 3.97. The van der Waals surface area contributed by atoms with Gasteiger partial charge in [-0.05, 0) is 17.7 Å². The van der Waals surface area contributed by atoms with Gasteiger partial charge < -0.3 is 9.84 Å². The number of carbonyl (C=O) groups is 1. The van der Waals surface area contributed by atoms with Crippen LogP contribution in [0.15, 0.2) is 42.5 Å². The Labute approximate surface area is 119 Å². The first-order valence-electron chi connectivity index (χ1n) is 5.72. The van der Waals surface area contributed by atoms with Gasteiger partial charge in [0.15, 0.2) is 11.6 Å². The molecular formula is C14H11ClFNO3. The van der Waals surface area contributed by atoms with Crippen molar-refractivity contribution in [2.45, 2.75) is 6.61 Å². The number of aromatic hydroxyl groups is 1. The summed E-state index contributed by atoms with van der Waals surface area (Å²) in [5, 5.41) is 11.7. The molecule has 0 bridgehead atoms. The highest BCUT2D eigenvalue weighted by Gasteiger charge is 2.12. The molecule has 0 saturated carbocycles. The molecule has 0 atom stereocenters. The van der Waals surface area contributed by atoms with E-state index in [-0.39, 0.29) is 17.3 Å². The maximum atomic E-state index is 13.2. The Morgan fingerprint density at radius 1 is 1.30 bits per heavy atom. The van der Waals surface area contributed by atoms with E-state index in [2.05, 4.69) is 5.32 Å². The van der Waals surface area contributed by atoms with E-state index in [1.807, 2.05) is 18.2 Å². The fourth-order valence-electron chi connectivity index (χ4n) is 1.53. The average Bonchev–Trinajstić information content (AvgIpc) is 2.43. The van der Waals surface area contributed by atoms with Crippen molar-refractivity contribution in [3.05, 3.63) is 58.9 Å². The number of phenols is 1. The Bertz CT molecular complexity index is 619. The molecule has 20 heavy (non-hydrogen) atoms. The molecule has 0 heterocycles. The van der Waals surface area contributed by atoms with Crippen LogP contribution >= 0.6 is 11.6 Å². The lowest BCUT2D eigenvalue weighted by atomic mass is 10.2. The SMILES string of the molecule is O=C(Nc1cc(Cl)cc(F)c1O)OCc1ccccc1. The van der Waals surface area contributed by atoms with Gasteiger partial charge in [-0.2, -0.15) is 0 Å². The predicted molar refractivity (Wildman–Crippen MR) is 73.3 cm³/mol. The van der Waals surface area contributed by atoms with Gasteiger partial charge in [0.05, 0.1) is 5.69 Å². The molecule has 0 aliphatic rings. The van der Waals surface area contributed by atoms with Gasteiger partial charge in [-0.1, -0.05) is 41.9 Å². The van der Waals surface area contributed by atoms with E-state index in [0.717, 1.165) is 11.6 Å². The minimum absolute atomic E-state index is 0.0543. The number of ether oxygens (including phenoxy) is 1. The van der Waals surface area contributed by atoms with E-state index in [1.165, 1.54) is 6.07 Å². The molecule has 0 radical (unpaired) electrons. The van der Waals surface area contributed by atoms with Gasteiger partial charge in [-0.15, -0.1) is 0 Å². The van der Waals surface area contributed by atoms with Crippen molar-refractivity contribution in [2.75, 3.05) is 5.32 Å². The van der Waals surface area contributed by atoms with Crippen molar-refractivity contribution in [1.82, 2.24) is 0 Å². The monoisotopic (exact) mass is 295 g/mol. The van der Waals surface area contributed by atoms with Crippen LogP contribution in [-0.2, 0) is 11.3 Å². The van der Waals surface area contributed by atoms with Crippen LogP contribution in [0.25, 0.3) is 0 Å². The molecule has 104 valence electrons. The third kappa shape index (κ3) is 3.61. The lowest BCUT2D eigenvalue weighted by Gasteiger charge is -2.09. The first kappa shape index (κ1) is 14.1. The van der Waals surface area contributed by atoms with Crippen LogP contribution in [0.1, 0.15) is 5.56 Å². The fourth-order valence-corrected chi connectivity index (χ4v) is 1.74. The summed E-state index contributed by atoms with van der Waals surface area (Å²) in [6.07, 6.45) is -0.814. The zero-order valence-corrected chi connectivity index (χ0v) is 11.0. The quantitative estimate of drug-likeness (QED) is 0.843. The molecule has 1 amide bonds. The Morgan fingerprint density at radius 3 is 2.70 bits per heavy atom. The number of benzene rings is 2. The highest BCUT2D eigenvalue weighted by Crippen LogP contribution is 2.30. The summed E-state index contributed by atoms with van der Waals surface area (Å²) in [7, 11) is 0. The van der Waals surface area contributed by atoms with Crippen molar-refractivity contribution in [1.29, 1.82) is 0 Å². The number of amides is 1. The number of anilines is 1. The Balaban J connectivity index is 1.98. The van der Waals surface area contributed by atoms with Crippen LogP contribution in [0.2, 0.25) is 5.02 Å². The standard InChI is InChI=1S/C14H11ClFNO3/c15-10-6-11(16)13(18)12(7-10)17-14(19)20-8-9-4-2-1-3-5-9/h1-7,18H,8H2,(H,17,19). The topological polar surface area (TPSA) is 58.6 Å². The molecular weight excluding hydrogens is 285 g/mol. The van der Waals surface area contributed by atoms with Crippen molar-refractivity contribution >= 4 is 23.4 Å². The number of hydrogen-bond acceptors (Lipinski definition) is 3. The molecule has 2 aromatic carbocycles. The van der Waals surface area contributed by atoms with Crippen LogP contribution in [0, 0.1) is 5.82 Å². The second kappa shape index (κ2) is 6.25. The lowest BCUT2D eigenvalue weighted by molar-refractivity contribution is 0.155. The average molecular weight is 296 g/mol. The second-order valence-corrected chi connectivity index (χ2v) is 4.41. The van der Waals surface area contributed by atoms with E-state index in [1.54, 1.807) is 12.1 Å². The molecule has 0 aliphatic heterocycles. The number of carbonyl (C=O) groups excluding carboxylic acids is 1. The van der Waals surface area contributed by atoms with Crippen LogP contribution < -0.4 is 5.32 Å². The van der Waals surface area contributed by atoms with Crippen LogP contribution in [0.4, 0.5) is 14.9 Å². The summed E-state index contributed by atoms with van der Waals surface area (Å²) in [6, 6.07) is 11.2. The molecule has 2 N–H and O–H groups in total. The van der Waals surface area contributed by atoms with Crippen LogP contribution in [0.3, 0.4) is 0 Å². The molecule has 4 nitrogen and oxygen atoms in total. The lowest BCUT2D eigenvalue weighted by Crippen LogP contribution is -2.13. The summed E-state index contributed by atoms with van der Waals surface area (Å²) in [4.78, 5) is 11.6. The molecule has 0 saturated heterocycles. The number of nitrogens with one attached hydrogen (secondary N) is 1. The third-order valence-electron chi connectivity index (χ3n) is 2.48. The number of rotatable bonds is 3. The van der Waals surface area contributed by atoms with Gasteiger partial charge in [-0.25, -0.2) is 9.18 Å². The summed E-state index contributed by atoms with van der Waals surface area (Å²) >= 11 is 5.64. The van der Waals surface area contributed by atoms with Crippen molar-refractivity contribution < 1.29 is 19.0 Å². The molecule has 0 fully saturated rings. The smallest absolute Gasteiger partial charge is 0.412 e. The number of phenolic OH excluding ortho intramolecular Hbond substituents is 1. The van der Waals surface area contributed by atoms with Crippen LogP contribution in [-0.4, -0.2) is 11.2 Å². The summed E-state index contributed by atoms with van der Waals surface area (Å²) in [5.74, 6) is -1.61. The maximum Gasteiger partial charge on any atom is 0.412 e. The first-order valence-corrected chi connectivity index (χ1v) is 6.10. The van der Waals surface area contributed by atoms with E-state index in [0.29, 0.717) is 0 Å². The van der Waals surface area contributed by atoms with Gasteiger partial charge in [0.25, 0.3) is 0 Å². The first-order chi connectivity index (χ1) is 9.56. The van der Waals surface area contributed by atoms with Crippen molar-refractivity contribution in [3.8, 4) is 5.75 Å². The molecule has 0 aliphatic carbocycles. The zero-order valence-electron chi connectivity index (χ0n) is 10.3. The molecule has 6 heteroatoms. The zero-order chi connectivity index (χ0) is 14.5. The third-order valence-corrected chi connectivity index (χ3v) is 2.70. The predicted octanol–water partition coefficient (Wildman–Crippen LogP) is 3.93. The number of hydrogen-bond donors (Lipinski definition) is 2. The molecule has 0 unspecified atom stereocenters. The summed E-state index contributed by atoms with van der Waals surface area (Å²) in [6.45, 7) is 0.0660. The van der Waals surface area contributed by atoms with Gasteiger partial charge in [0, 0.05) is 5.02 Å². The minimum atomic E-state index is -0.921. The van der Waals surface area contributed by atoms with E-state index < -0.39 is 17.7 Å². The van der Waals surface area contributed by atoms with E-state index in [9.17, 15) is 14.3 Å². The number of halogens is 2. The van der Waals surface area contributed by atoms with Gasteiger partial charge in [-0.3, -0.25) is 5.32 Å². The van der Waals surface area contributed by atoms with Gasteiger partial charge >= 0.3 is 6.09 Å². The Morgan fingerprint density at radius 2 is 2.00 bits per heavy atom. The Kier molecular flexibility index (Phi) is 4.42. The summed E-state index contributed by atoms with van der Waals surface area (Å²) < 4.78 is 18.2. The molecule has 0 aromatic heterocycles. The molecule has 2 aromatic rings. The largest absolute Gasteiger partial charge is 0.503 e. The fraction of sp³-hybridized carbons (Fsp3) is 0.0714. The van der Waals surface area contributed by atoms with Crippen molar-refractivity contribution in [2.24, 2.45) is 0 Å². The van der Waals surface area contributed by atoms with Crippen LogP contribution in [0.5, 0.6) is 5.75 Å². The highest BCUT2D eigenvalue weighted by atomic mass is 35.5. The minimum Gasteiger partial charge on any atom is -0.503 e. The molecule has 2 rings (SSSR count). The summed E-state index contributed by atoms with van der Waals surface area (Å²) in [5.41, 5.74) is 0.664. The maximum absolute atomic E-state index is 13.2. The van der Waals surface area contributed by atoms with E-state index >= 15 is 0 Å². The molecule has 0 spiro atoms. The normalized spacial score (nSPS) is 10.1.